The number of phenolic OH excluding ortho intramolecular Hbond substituents is 1. The van der Waals surface area contributed by atoms with E-state index in [4.69, 9.17) is 4.74 Å². The van der Waals surface area contributed by atoms with Gasteiger partial charge in [-0.3, -0.25) is 4.99 Å². The van der Waals surface area contributed by atoms with Crippen LogP contribution in [0, 0.1) is 11.6 Å². The quantitative estimate of drug-likeness (QED) is 0.510. The summed E-state index contributed by atoms with van der Waals surface area (Å²) in [5.41, 5.74) is 1.35. The van der Waals surface area contributed by atoms with Crippen LogP contribution in [0.4, 0.5) is 8.78 Å². The number of para-hydroxylation sites is 1. The van der Waals surface area contributed by atoms with Gasteiger partial charge in [0.2, 0.25) is 0 Å². The Kier molecular flexibility index (Phi) is 7.40. The first-order valence-corrected chi connectivity index (χ1v) is 8.80. The molecule has 0 aliphatic carbocycles. The number of ether oxygens (including phenoxy) is 1. The zero-order chi connectivity index (χ0) is 19.8. The Morgan fingerprint density at radius 3 is 2.67 bits per heavy atom. The maximum Gasteiger partial charge on any atom is 0.191 e. The average molecular weight is 377 g/mol. The van der Waals surface area contributed by atoms with Gasteiger partial charge < -0.3 is 20.5 Å². The summed E-state index contributed by atoms with van der Waals surface area (Å²) in [4.78, 5) is 4.49. The highest BCUT2D eigenvalue weighted by molar-refractivity contribution is 5.80. The zero-order valence-corrected chi connectivity index (χ0v) is 15.7. The average Bonchev–Trinajstić information content (AvgIpc) is 2.65. The summed E-state index contributed by atoms with van der Waals surface area (Å²) in [5.74, 6) is -0.657. The van der Waals surface area contributed by atoms with E-state index < -0.39 is 11.6 Å². The van der Waals surface area contributed by atoms with Crippen LogP contribution in [0.3, 0.4) is 0 Å². The number of halogens is 2. The van der Waals surface area contributed by atoms with E-state index in [1.54, 1.807) is 6.07 Å². The SMILES string of the molecule is CCNC(=NCCc1cccc(OC)c1O)NC(C)c1ccc(F)c(F)c1. The second-order valence-corrected chi connectivity index (χ2v) is 6.02. The molecule has 0 saturated heterocycles. The molecule has 0 heterocycles. The predicted molar refractivity (Wildman–Crippen MR) is 102 cm³/mol. The summed E-state index contributed by atoms with van der Waals surface area (Å²) in [6.07, 6.45) is 0.527. The summed E-state index contributed by atoms with van der Waals surface area (Å²) in [7, 11) is 1.50. The van der Waals surface area contributed by atoms with Crippen molar-refractivity contribution in [2.75, 3.05) is 20.2 Å². The third-order valence-corrected chi connectivity index (χ3v) is 4.09. The minimum absolute atomic E-state index is 0.114. The highest BCUT2D eigenvalue weighted by atomic mass is 19.2. The standard InChI is InChI=1S/C20H25F2N3O2/c1-4-23-20(25-13(2)15-8-9-16(21)17(22)12-15)24-11-10-14-6-5-7-18(27-3)19(14)26/h5-9,12-13,26H,4,10-11H2,1-3H3,(H2,23,24,25). The Labute approximate surface area is 158 Å². The van der Waals surface area contributed by atoms with Gasteiger partial charge in [0.05, 0.1) is 13.2 Å². The molecule has 0 fully saturated rings. The number of phenols is 1. The maximum absolute atomic E-state index is 13.4. The fourth-order valence-corrected chi connectivity index (χ4v) is 2.61. The fraction of sp³-hybridized carbons (Fsp3) is 0.350. The molecule has 3 N–H and O–H groups in total. The van der Waals surface area contributed by atoms with Crippen LogP contribution in [0.2, 0.25) is 0 Å². The summed E-state index contributed by atoms with van der Waals surface area (Å²) >= 11 is 0. The van der Waals surface area contributed by atoms with Gasteiger partial charge in [-0.2, -0.15) is 0 Å². The fourth-order valence-electron chi connectivity index (χ4n) is 2.61. The lowest BCUT2D eigenvalue weighted by Gasteiger charge is -2.18. The topological polar surface area (TPSA) is 65.9 Å². The Hall–Kier alpha value is -2.83. The molecule has 0 aliphatic rings. The number of aromatic hydroxyl groups is 1. The van der Waals surface area contributed by atoms with Gasteiger partial charge in [-0.05, 0) is 49.6 Å². The van der Waals surface area contributed by atoms with Crippen molar-refractivity contribution in [2.24, 2.45) is 4.99 Å². The van der Waals surface area contributed by atoms with Crippen LogP contribution < -0.4 is 15.4 Å². The number of rotatable bonds is 7. The number of aliphatic imine (C=N–C) groups is 1. The first-order valence-electron chi connectivity index (χ1n) is 8.80. The van der Waals surface area contributed by atoms with E-state index in [2.05, 4.69) is 15.6 Å². The van der Waals surface area contributed by atoms with Gasteiger partial charge in [-0.15, -0.1) is 0 Å². The van der Waals surface area contributed by atoms with Gasteiger partial charge >= 0.3 is 0 Å². The van der Waals surface area contributed by atoms with Crippen LogP contribution in [-0.4, -0.2) is 31.3 Å². The zero-order valence-electron chi connectivity index (χ0n) is 15.7. The van der Waals surface area contributed by atoms with Gasteiger partial charge in [0.15, 0.2) is 29.1 Å². The van der Waals surface area contributed by atoms with Crippen molar-refractivity contribution in [2.45, 2.75) is 26.3 Å². The molecule has 0 radical (unpaired) electrons. The van der Waals surface area contributed by atoms with Crippen LogP contribution in [0.5, 0.6) is 11.5 Å². The lowest BCUT2D eigenvalue weighted by Crippen LogP contribution is -2.39. The number of nitrogens with zero attached hydrogens (tertiary/aromatic N) is 1. The van der Waals surface area contributed by atoms with Crippen LogP contribution >= 0.6 is 0 Å². The van der Waals surface area contributed by atoms with E-state index >= 15 is 0 Å². The monoisotopic (exact) mass is 377 g/mol. The van der Waals surface area contributed by atoms with E-state index in [9.17, 15) is 13.9 Å². The molecule has 2 aromatic rings. The minimum Gasteiger partial charge on any atom is -0.504 e. The van der Waals surface area contributed by atoms with Crippen LogP contribution in [-0.2, 0) is 6.42 Å². The van der Waals surface area contributed by atoms with Crippen molar-refractivity contribution in [1.82, 2.24) is 10.6 Å². The molecule has 0 aliphatic heterocycles. The summed E-state index contributed by atoms with van der Waals surface area (Å²) < 4.78 is 31.6. The first kappa shape index (κ1) is 20.5. The molecule has 0 bridgehead atoms. The van der Waals surface area contributed by atoms with Gasteiger partial charge in [-0.1, -0.05) is 18.2 Å². The molecule has 2 rings (SSSR count). The molecule has 0 saturated carbocycles. The highest BCUT2D eigenvalue weighted by Gasteiger charge is 2.11. The van der Waals surface area contributed by atoms with Crippen molar-refractivity contribution < 1.29 is 18.6 Å². The minimum atomic E-state index is -0.878. The van der Waals surface area contributed by atoms with Crippen LogP contribution in [0.1, 0.15) is 31.0 Å². The predicted octanol–water partition coefficient (Wildman–Crippen LogP) is 3.54. The van der Waals surface area contributed by atoms with E-state index in [0.29, 0.717) is 36.8 Å². The van der Waals surface area contributed by atoms with Crippen molar-refractivity contribution in [3.8, 4) is 11.5 Å². The van der Waals surface area contributed by atoms with Gasteiger partial charge in [0.1, 0.15) is 0 Å². The first-order chi connectivity index (χ1) is 13.0. The van der Waals surface area contributed by atoms with Crippen molar-refractivity contribution in [3.63, 3.8) is 0 Å². The van der Waals surface area contributed by atoms with E-state index in [1.165, 1.54) is 19.2 Å². The summed E-state index contributed by atoms with van der Waals surface area (Å²) in [5, 5.41) is 16.4. The molecule has 0 aromatic heterocycles. The van der Waals surface area contributed by atoms with Crippen molar-refractivity contribution in [1.29, 1.82) is 0 Å². The van der Waals surface area contributed by atoms with Crippen molar-refractivity contribution in [3.05, 3.63) is 59.2 Å². The number of guanidine groups is 1. The third-order valence-electron chi connectivity index (χ3n) is 4.09. The molecular weight excluding hydrogens is 352 g/mol. The van der Waals surface area contributed by atoms with Crippen molar-refractivity contribution >= 4 is 5.96 Å². The lowest BCUT2D eigenvalue weighted by molar-refractivity contribution is 0.370. The largest absolute Gasteiger partial charge is 0.504 e. The second-order valence-electron chi connectivity index (χ2n) is 6.02. The molecule has 27 heavy (non-hydrogen) atoms. The summed E-state index contributed by atoms with van der Waals surface area (Å²) in [6.45, 7) is 4.86. The summed E-state index contributed by atoms with van der Waals surface area (Å²) in [6, 6.07) is 8.88. The molecule has 146 valence electrons. The van der Waals surface area contributed by atoms with E-state index in [1.807, 2.05) is 26.0 Å². The van der Waals surface area contributed by atoms with Gasteiger partial charge in [0, 0.05) is 13.1 Å². The normalized spacial score (nSPS) is 12.6. The maximum atomic E-state index is 13.4. The Morgan fingerprint density at radius 1 is 1.22 bits per heavy atom. The number of hydrogen-bond donors (Lipinski definition) is 3. The van der Waals surface area contributed by atoms with Gasteiger partial charge in [0.25, 0.3) is 0 Å². The number of methoxy groups -OCH3 is 1. The molecule has 1 atom stereocenters. The smallest absolute Gasteiger partial charge is 0.191 e. The molecule has 0 spiro atoms. The number of hydrogen-bond acceptors (Lipinski definition) is 3. The number of nitrogens with one attached hydrogen (secondary N) is 2. The van der Waals surface area contributed by atoms with E-state index in [0.717, 1.165) is 11.6 Å². The van der Waals surface area contributed by atoms with E-state index in [-0.39, 0.29) is 11.8 Å². The van der Waals surface area contributed by atoms with Crippen LogP contribution in [0.15, 0.2) is 41.4 Å². The Bertz CT molecular complexity index is 797. The Morgan fingerprint density at radius 2 is 2.00 bits per heavy atom. The molecular formula is C20H25F2N3O2. The molecule has 5 nitrogen and oxygen atoms in total. The van der Waals surface area contributed by atoms with Crippen LogP contribution in [0.25, 0.3) is 0 Å². The Balaban J connectivity index is 2.04. The second kappa shape index (κ2) is 9.75. The molecule has 1 unspecified atom stereocenters. The lowest BCUT2D eigenvalue weighted by atomic mass is 10.1. The number of benzene rings is 2. The van der Waals surface area contributed by atoms with Gasteiger partial charge in [-0.25, -0.2) is 8.78 Å². The molecule has 7 heteroatoms. The molecule has 0 amide bonds. The third kappa shape index (κ3) is 5.57. The highest BCUT2D eigenvalue weighted by Crippen LogP contribution is 2.29. The molecule has 2 aromatic carbocycles.